The van der Waals surface area contributed by atoms with Gasteiger partial charge in [-0.1, -0.05) is 30.3 Å². The largest absolute Gasteiger partial charge is 0.359 e. The van der Waals surface area contributed by atoms with Crippen molar-refractivity contribution in [2.24, 2.45) is 0 Å². The highest BCUT2D eigenvalue weighted by atomic mass is 32.2. The lowest BCUT2D eigenvalue weighted by atomic mass is 9.99. The number of piperidine rings is 1. The SMILES string of the molecule is Cc1ncc(C)c2c(C(=O)C(=O)N3CCC(=C(c4ccccc4)S(C)(=O)=O)CC3)c[nH]c12. The van der Waals surface area contributed by atoms with Crippen LogP contribution in [0.15, 0.2) is 48.3 Å². The number of hydrogen-bond donors (Lipinski definition) is 1. The molecule has 1 aliphatic heterocycles. The molecular formula is C24H25N3O4S. The maximum absolute atomic E-state index is 13.0. The Morgan fingerprint density at radius 2 is 1.72 bits per heavy atom. The summed E-state index contributed by atoms with van der Waals surface area (Å²) in [4.78, 5) is 35.2. The van der Waals surface area contributed by atoms with E-state index in [9.17, 15) is 18.0 Å². The molecule has 1 aromatic carbocycles. The quantitative estimate of drug-likeness (QED) is 0.484. The predicted molar refractivity (Wildman–Crippen MR) is 124 cm³/mol. The summed E-state index contributed by atoms with van der Waals surface area (Å²) in [5, 5.41) is 0.719. The van der Waals surface area contributed by atoms with Crippen LogP contribution >= 0.6 is 0 Å². The van der Waals surface area contributed by atoms with Gasteiger partial charge < -0.3 is 9.88 Å². The molecule has 1 amide bonds. The normalized spacial score (nSPS) is 14.6. The van der Waals surface area contributed by atoms with Crippen LogP contribution in [0.3, 0.4) is 0 Å². The summed E-state index contributed by atoms with van der Waals surface area (Å²) in [6.07, 6.45) is 5.29. The molecule has 2 aromatic heterocycles. The molecule has 0 aliphatic carbocycles. The van der Waals surface area contributed by atoms with Crippen LogP contribution in [0, 0.1) is 13.8 Å². The fourth-order valence-electron chi connectivity index (χ4n) is 4.36. The van der Waals surface area contributed by atoms with Gasteiger partial charge in [0.25, 0.3) is 11.7 Å². The molecule has 0 radical (unpaired) electrons. The number of benzene rings is 1. The van der Waals surface area contributed by atoms with Crippen LogP contribution in [0.1, 0.15) is 40.0 Å². The Morgan fingerprint density at radius 1 is 1.06 bits per heavy atom. The maximum Gasteiger partial charge on any atom is 0.295 e. The average Bonchev–Trinajstić information content (AvgIpc) is 3.22. The van der Waals surface area contributed by atoms with E-state index in [1.807, 2.05) is 19.9 Å². The number of aromatic amines is 1. The van der Waals surface area contributed by atoms with E-state index in [1.165, 1.54) is 11.2 Å². The maximum atomic E-state index is 13.0. The van der Waals surface area contributed by atoms with E-state index in [-0.39, 0.29) is 0 Å². The standard InChI is InChI=1S/C24H25N3O4S/c1-15-13-25-16(2)21-20(15)19(14-26-21)22(28)24(29)27-11-9-18(10-12-27)23(32(3,30)31)17-7-5-4-6-8-17/h4-8,13-14,26H,9-12H2,1-3H3. The number of carbonyl (C=O) groups excluding carboxylic acids is 2. The van der Waals surface area contributed by atoms with Gasteiger partial charge in [0.2, 0.25) is 0 Å². The topological polar surface area (TPSA) is 100 Å². The minimum atomic E-state index is -3.44. The van der Waals surface area contributed by atoms with E-state index in [1.54, 1.807) is 36.7 Å². The first kappa shape index (κ1) is 22.0. The molecule has 1 saturated heterocycles. The molecule has 7 nitrogen and oxygen atoms in total. The van der Waals surface area contributed by atoms with Crippen LogP contribution in [0.2, 0.25) is 0 Å². The lowest BCUT2D eigenvalue weighted by molar-refractivity contribution is -0.126. The van der Waals surface area contributed by atoms with Gasteiger partial charge in [-0.25, -0.2) is 8.42 Å². The number of pyridine rings is 1. The number of nitrogens with zero attached hydrogens (tertiary/aromatic N) is 2. The summed E-state index contributed by atoms with van der Waals surface area (Å²) in [5.41, 5.74) is 4.13. The number of H-pyrrole nitrogens is 1. The lowest BCUT2D eigenvalue weighted by Gasteiger charge is -2.29. The number of fused-ring (bicyclic) bond motifs is 1. The molecule has 166 valence electrons. The fraction of sp³-hybridized carbons (Fsp3) is 0.292. The van der Waals surface area contributed by atoms with Crippen molar-refractivity contribution < 1.29 is 18.0 Å². The highest BCUT2D eigenvalue weighted by molar-refractivity contribution is 8.00. The molecule has 1 N–H and O–H groups in total. The molecule has 3 heterocycles. The Kier molecular flexibility index (Phi) is 5.73. The van der Waals surface area contributed by atoms with Crippen molar-refractivity contribution in [2.75, 3.05) is 19.3 Å². The Balaban J connectivity index is 1.58. The lowest BCUT2D eigenvalue weighted by Crippen LogP contribution is -2.40. The second-order valence-corrected chi connectivity index (χ2v) is 10.1. The number of amides is 1. The Hall–Kier alpha value is -3.26. The van der Waals surface area contributed by atoms with Gasteiger partial charge in [-0.3, -0.25) is 14.6 Å². The summed E-state index contributed by atoms with van der Waals surface area (Å²) >= 11 is 0. The minimum Gasteiger partial charge on any atom is -0.359 e. The zero-order valence-electron chi connectivity index (χ0n) is 18.3. The van der Waals surface area contributed by atoms with Gasteiger partial charge in [0, 0.05) is 37.1 Å². The van der Waals surface area contributed by atoms with Crippen LogP contribution in [0.4, 0.5) is 0 Å². The van der Waals surface area contributed by atoms with Crippen LogP contribution in [0.5, 0.6) is 0 Å². The van der Waals surface area contributed by atoms with Gasteiger partial charge in [0.1, 0.15) is 0 Å². The van der Waals surface area contributed by atoms with E-state index in [2.05, 4.69) is 9.97 Å². The number of carbonyl (C=O) groups is 2. The molecule has 0 atom stereocenters. The van der Waals surface area contributed by atoms with Crippen LogP contribution in [-0.2, 0) is 14.6 Å². The number of hydrogen-bond acceptors (Lipinski definition) is 5. The highest BCUT2D eigenvalue weighted by Crippen LogP contribution is 2.31. The third kappa shape index (κ3) is 3.98. The fourth-order valence-corrected chi connectivity index (χ4v) is 5.65. The van der Waals surface area contributed by atoms with E-state index >= 15 is 0 Å². The van der Waals surface area contributed by atoms with Crippen molar-refractivity contribution in [3.05, 3.63) is 70.7 Å². The third-order valence-corrected chi connectivity index (χ3v) is 7.18. The number of aromatic nitrogens is 2. The highest BCUT2D eigenvalue weighted by Gasteiger charge is 2.30. The van der Waals surface area contributed by atoms with E-state index in [4.69, 9.17) is 0 Å². The first-order valence-corrected chi connectivity index (χ1v) is 12.3. The number of rotatable bonds is 4. The Bertz CT molecular complexity index is 1340. The van der Waals surface area contributed by atoms with Gasteiger partial charge in [-0.2, -0.15) is 0 Å². The molecule has 1 aliphatic rings. The first-order chi connectivity index (χ1) is 15.2. The summed E-state index contributed by atoms with van der Waals surface area (Å²) in [6.45, 7) is 4.30. The van der Waals surface area contributed by atoms with Crippen molar-refractivity contribution in [1.29, 1.82) is 0 Å². The molecule has 3 aromatic rings. The second kappa shape index (κ2) is 8.35. The number of nitrogens with one attached hydrogen (secondary N) is 1. The zero-order valence-corrected chi connectivity index (χ0v) is 19.1. The summed E-state index contributed by atoms with van der Waals surface area (Å²) < 4.78 is 25.0. The van der Waals surface area contributed by atoms with Crippen molar-refractivity contribution in [3.8, 4) is 0 Å². The summed E-state index contributed by atoms with van der Waals surface area (Å²) in [5.74, 6) is -1.14. The molecule has 4 rings (SSSR count). The van der Waals surface area contributed by atoms with Gasteiger partial charge in [0.15, 0.2) is 9.84 Å². The van der Waals surface area contributed by atoms with Crippen LogP contribution in [0.25, 0.3) is 15.8 Å². The number of Topliss-reactive ketones (excluding diaryl/α,β-unsaturated/α-hetero) is 1. The third-order valence-electron chi connectivity index (χ3n) is 5.91. The van der Waals surface area contributed by atoms with Crippen LogP contribution < -0.4 is 0 Å². The van der Waals surface area contributed by atoms with Gasteiger partial charge >= 0.3 is 0 Å². The monoisotopic (exact) mass is 451 g/mol. The van der Waals surface area contributed by atoms with Gasteiger partial charge in [-0.05, 0) is 43.4 Å². The predicted octanol–water partition coefficient (Wildman–Crippen LogP) is 3.44. The summed E-state index contributed by atoms with van der Waals surface area (Å²) in [6, 6.07) is 9.00. The summed E-state index contributed by atoms with van der Waals surface area (Å²) in [7, 11) is -3.44. The number of ketones is 1. The van der Waals surface area contributed by atoms with Gasteiger partial charge in [0.05, 0.1) is 21.7 Å². The van der Waals surface area contributed by atoms with Gasteiger partial charge in [-0.15, -0.1) is 0 Å². The smallest absolute Gasteiger partial charge is 0.295 e. The van der Waals surface area contributed by atoms with E-state index in [0.717, 1.165) is 27.7 Å². The Morgan fingerprint density at radius 3 is 2.34 bits per heavy atom. The van der Waals surface area contributed by atoms with Crippen molar-refractivity contribution in [3.63, 3.8) is 0 Å². The zero-order chi connectivity index (χ0) is 23.0. The first-order valence-electron chi connectivity index (χ1n) is 10.4. The van der Waals surface area contributed by atoms with E-state index in [0.29, 0.717) is 42.0 Å². The second-order valence-electron chi connectivity index (χ2n) is 8.17. The molecule has 0 spiro atoms. The number of aryl methyl sites for hydroxylation is 2. The Labute approximate surface area is 187 Å². The molecule has 8 heteroatoms. The molecule has 32 heavy (non-hydrogen) atoms. The van der Waals surface area contributed by atoms with E-state index < -0.39 is 21.5 Å². The minimum absolute atomic E-state index is 0.299. The molecular weight excluding hydrogens is 426 g/mol. The molecule has 0 bridgehead atoms. The molecule has 0 unspecified atom stereocenters. The van der Waals surface area contributed by atoms with Crippen molar-refractivity contribution in [1.82, 2.24) is 14.9 Å². The molecule has 1 fully saturated rings. The van der Waals surface area contributed by atoms with Crippen LogP contribution in [-0.4, -0.2) is 54.3 Å². The van der Waals surface area contributed by atoms with Crippen molar-refractivity contribution >= 4 is 37.3 Å². The molecule has 0 saturated carbocycles. The average molecular weight is 452 g/mol. The van der Waals surface area contributed by atoms with Crippen molar-refractivity contribution in [2.45, 2.75) is 26.7 Å². The number of sulfone groups is 1. The number of likely N-dealkylation sites (tertiary alicyclic amines) is 1.